The Morgan fingerprint density at radius 1 is 1.44 bits per heavy atom. The van der Waals surface area contributed by atoms with Crippen molar-refractivity contribution in [2.45, 2.75) is 6.92 Å². The second kappa shape index (κ2) is 2.88. The molecule has 0 fully saturated rings. The number of benzene rings is 1. The van der Waals surface area contributed by atoms with E-state index in [2.05, 4.69) is 22.6 Å². The van der Waals surface area contributed by atoms with Gasteiger partial charge in [-0.1, -0.05) is 17.7 Å². The normalized spacial score (nSPS) is 9.67. The fourth-order valence-corrected chi connectivity index (χ4v) is 1.41. The lowest BCUT2D eigenvalue weighted by atomic mass is 10.2. The van der Waals surface area contributed by atoms with Gasteiger partial charge >= 0.3 is 0 Å². The Hall–Kier alpha value is 0.240. The van der Waals surface area contributed by atoms with Crippen LogP contribution in [0, 0.1) is 10.5 Å². The lowest BCUT2D eigenvalue weighted by molar-refractivity contribution is 1.43. The van der Waals surface area contributed by atoms with E-state index >= 15 is 0 Å². The van der Waals surface area contributed by atoms with Crippen LogP contribution in [0.2, 0.25) is 5.02 Å². The average molecular weight is 252 g/mol. The van der Waals surface area contributed by atoms with Gasteiger partial charge in [0.15, 0.2) is 0 Å². The standard InChI is InChI=1S/C7H6ClI/c1-5-6(8)3-2-4-7(5)9/h2-4H,1H3. The van der Waals surface area contributed by atoms with Crippen molar-refractivity contribution >= 4 is 34.2 Å². The van der Waals surface area contributed by atoms with Crippen molar-refractivity contribution in [2.24, 2.45) is 0 Å². The molecule has 0 amide bonds. The van der Waals surface area contributed by atoms with E-state index in [4.69, 9.17) is 11.6 Å². The van der Waals surface area contributed by atoms with Gasteiger partial charge in [0.2, 0.25) is 0 Å². The van der Waals surface area contributed by atoms with E-state index in [1.807, 2.05) is 25.1 Å². The summed E-state index contributed by atoms with van der Waals surface area (Å²) in [5.41, 5.74) is 1.17. The zero-order valence-electron chi connectivity index (χ0n) is 4.99. The second-order valence-corrected chi connectivity index (χ2v) is 3.42. The Morgan fingerprint density at radius 2 is 2.11 bits per heavy atom. The quantitative estimate of drug-likeness (QED) is 0.622. The molecule has 0 aliphatic heterocycles. The third-order valence-corrected chi connectivity index (χ3v) is 2.78. The van der Waals surface area contributed by atoms with E-state index in [0.29, 0.717) is 0 Å². The summed E-state index contributed by atoms with van der Waals surface area (Å²) in [6.07, 6.45) is 0. The van der Waals surface area contributed by atoms with Crippen LogP contribution in [0.25, 0.3) is 0 Å². The fourth-order valence-electron chi connectivity index (χ4n) is 0.581. The van der Waals surface area contributed by atoms with Gasteiger partial charge in [0.1, 0.15) is 0 Å². The molecule has 0 nitrogen and oxygen atoms in total. The molecule has 0 aromatic heterocycles. The van der Waals surface area contributed by atoms with E-state index in [1.54, 1.807) is 0 Å². The summed E-state index contributed by atoms with van der Waals surface area (Å²) >= 11 is 8.07. The SMILES string of the molecule is Cc1c(Cl)cccc1I. The molecule has 0 aliphatic carbocycles. The zero-order chi connectivity index (χ0) is 6.85. The van der Waals surface area contributed by atoms with Gasteiger partial charge in [-0.2, -0.15) is 0 Å². The van der Waals surface area contributed by atoms with Gasteiger partial charge in [0.25, 0.3) is 0 Å². The van der Waals surface area contributed by atoms with Gasteiger partial charge in [0, 0.05) is 8.59 Å². The topological polar surface area (TPSA) is 0 Å². The summed E-state index contributed by atoms with van der Waals surface area (Å²) in [7, 11) is 0. The Kier molecular flexibility index (Phi) is 2.35. The molecule has 1 aromatic rings. The van der Waals surface area contributed by atoms with E-state index in [-0.39, 0.29) is 0 Å². The highest BCUT2D eigenvalue weighted by molar-refractivity contribution is 14.1. The Morgan fingerprint density at radius 3 is 2.56 bits per heavy atom. The molecule has 0 saturated heterocycles. The van der Waals surface area contributed by atoms with Crippen molar-refractivity contribution in [1.82, 2.24) is 0 Å². The van der Waals surface area contributed by atoms with Crippen LogP contribution in [0.3, 0.4) is 0 Å². The molecule has 0 aliphatic rings. The number of hydrogen-bond acceptors (Lipinski definition) is 0. The van der Waals surface area contributed by atoms with Crippen molar-refractivity contribution in [3.63, 3.8) is 0 Å². The Balaban J connectivity index is 3.25. The average Bonchev–Trinajstić information content (AvgIpc) is 1.83. The summed E-state index contributed by atoms with van der Waals surface area (Å²) in [5, 5.41) is 0.849. The molecule has 1 rings (SSSR count). The molecule has 9 heavy (non-hydrogen) atoms. The van der Waals surface area contributed by atoms with Crippen molar-refractivity contribution in [3.8, 4) is 0 Å². The van der Waals surface area contributed by atoms with Crippen LogP contribution in [0.1, 0.15) is 5.56 Å². The molecule has 2 heteroatoms. The molecule has 0 bridgehead atoms. The minimum absolute atomic E-state index is 0.849. The lowest BCUT2D eigenvalue weighted by Gasteiger charge is -1.97. The molecule has 0 saturated carbocycles. The van der Waals surface area contributed by atoms with Crippen molar-refractivity contribution in [2.75, 3.05) is 0 Å². The Bertz CT molecular complexity index is 200. The monoisotopic (exact) mass is 252 g/mol. The van der Waals surface area contributed by atoms with Gasteiger partial charge in [0.05, 0.1) is 0 Å². The predicted molar refractivity (Wildman–Crippen MR) is 48.9 cm³/mol. The molecule has 48 valence electrons. The van der Waals surface area contributed by atoms with Gasteiger partial charge < -0.3 is 0 Å². The minimum Gasteiger partial charge on any atom is -0.0840 e. The van der Waals surface area contributed by atoms with Gasteiger partial charge in [-0.3, -0.25) is 0 Å². The molecule has 0 heterocycles. The maximum absolute atomic E-state index is 5.81. The summed E-state index contributed by atoms with van der Waals surface area (Å²) < 4.78 is 1.22. The number of hydrogen-bond donors (Lipinski definition) is 0. The third-order valence-electron chi connectivity index (χ3n) is 1.20. The fraction of sp³-hybridized carbons (Fsp3) is 0.143. The number of rotatable bonds is 0. The van der Waals surface area contributed by atoms with E-state index in [9.17, 15) is 0 Å². The van der Waals surface area contributed by atoms with E-state index in [1.165, 1.54) is 9.13 Å². The van der Waals surface area contributed by atoms with Gasteiger partial charge in [-0.25, -0.2) is 0 Å². The molecule has 1 aromatic carbocycles. The number of halogens is 2. The summed E-state index contributed by atoms with van der Waals surface area (Å²) in [6, 6.07) is 5.90. The van der Waals surface area contributed by atoms with E-state index in [0.717, 1.165) is 5.02 Å². The summed E-state index contributed by atoms with van der Waals surface area (Å²) in [6.45, 7) is 2.02. The van der Waals surface area contributed by atoms with Crippen LogP contribution in [0.15, 0.2) is 18.2 Å². The largest absolute Gasteiger partial charge is 0.0840 e. The molecule has 0 N–H and O–H groups in total. The van der Waals surface area contributed by atoms with Crippen LogP contribution in [0.4, 0.5) is 0 Å². The van der Waals surface area contributed by atoms with Crippen LogP contribution < -0.4 is 0 Å². The summed E-state index contributed by atoms with van der Waals surface area (Å²) in [4.78, 5) is 0. The molecule has 0 spiro atoms. The molecule has 0 unspecified atom stereocenters. The van der Waals surface area contributed by atoms with Crippen LogP contribution in [0.5, 0.6) is 0 Å². The predicted octanol–water partition coefficient (Wildman–Crippen LogP) is 3.25. The molecule has 0 radical (unpaired) electrons. The maximum Gasteiger partial charge on any atom is 0.0445 e. The zero-order valence-corrected chi connectivity index (χ0v) is 7.90. The van der Waals surface area contributed by atoms with Gasteiger partial charge in [-0.05, 0) is 47.2 Å². The highest BCUT2D eigenvalue weighted by Crippen LogP contribution is 2.19. The Labute approximate surface area is 73.4 Å². The van der Waals surface area contributed by atoms with Crippen molar-refractivity contribution in [1.29, 1.82) is 0 Å². The van der Waals surface area contributed by atoms with Crippen LogP contribution >= 0.6 is 34.2 Å². The van der Waals surface area contributed by atoms with Crippen LogP contribution in [-0.4, -0.2) is 0 Å². The van der Waals surface area contributed by atoms with Crippen molar-refractivity contribution < 1.29 is 0 Å². The highest BCUT2D eigenvalue weighted by atomic mass is 127. The van der Waals surface area contributed by atoms with E-state index < -0.39 is 0 Å². The minimum atomic E-state index is 0.849. The first kappa shape index (κ1) is 7.35. The first-order valence-corrected chi connectivity index (χ1v) is 4.08. The highest BCUT2D eigenvalue weighted by Gasteiger charge is 1.95. The lowest BCUT2D eigenvalue weighted by Crippen LogP contribution is -1.78. The third kappa shape index (κ3) is 1.58. The molecular formula is C7H6ClI. The van der Waals surface area contributed by atoms with Gasteiger partial charge in [-0.15, -0.1) is 0 Å². The first-order chi connectivity index (χ1) is 4.22. The smallest absolute Gasteiger partial charge is 0.0445 e. The second-order valence-electron chi connectivity index (χ2n) is 1.85. The summed E-state index contributed by atoms with van der Waals surface area (Å²) in [5.74, 6) is 0. The van der Waals surface area contributed by atoms with Crippen LogP contribution in [-0.2, 0) is 0 Å². The molecular weight excluding hydrogens is 246 g/mol. The first-order valence-electron chi connectivity index (χ1n) is 2.62. The maximum atomic E-state index is 5.81. The van der Waals surface area contributed by atoms with Crippen molar-refractivity contribution in [3.05, 3.63) is 32.4 Å². The molecule has 0 atom stereocenters.